The number of benzene rings is 1. The van der Waals surface area contributed by atoms with Gasteiger partial charge in [-0.05, 0) is 18.9 Å². The van der Waals surface area contributed by atoms with Crippen LogP contribution in [0.5, 0.6) is 0 Å². The maximum atomic E-state index is 6.23. The molecule has 1 aromatic heterocycles. The van der Waals surface area contributed by atoms with E-state index < -0.39 is 0 Å². The van der Waals surface area contributed by atoms with Crippen molar-refractivity contribution < 1.29 is 9.15 Å². The molecular formula is C17H23N3O2. The summed E-state index contributed by atoms with van der Waals surface area (Å²) in [6.07, 6.45) is 6.29. The molecule has 22 heavy (non-hydrogen) atoms. The highest BCUT2D eigenvalue weighted by Crippen LogP contribution is 2.36. The summed E-state index contributed by atoms with van der Waals surface area (Å²) in [6, 6.07) is 4.01. The van der Waals surface area contributed by atoms with Gasteiger partial charge in [0.1, 0.15) is 5.52 Å². The van der Waals surface area contributed by atoms with Crippen molar-refractivity contribution in [3.8, 4) is 0 Å². The number of anilines is 2. The summed E-state index contributed by atoms with van der Waals surface area (Å²) in [5.41, 5.74) is 9.80. The maximum absolute atomic E-state index is 6.23. The van der Waals surface area contributed by atoms with Crippen LogP contribution in [0.4, 0.5) is 11.4 Å². The number of morpholine rings is 1. The molecule has 4 rings (SSSR count). The van der Waals surface area contributed by atoms with E-state index in [2.05, 4.69) is 11.0 Å². The Bertz CT molecular complexity index is 655. The standard InChI is InChI=1S/C17H23N3O2/c18-13-10-16-14(11-15(13)20-6-8-21-9-7-20)19-17(22-16)12-4-2-1-3-5-12/h10-12H,1-9,18H2. The molecule has 5 heteroatoms. The Morgan fingerprint density at radius 2 is 1.86 bits per heavy atom. The minimum atomic E-state index is 0.481. The van der Waals surface area contributed by atoms with Crippen LogP contribution in [-0.4, -0.2) is 31.3 Å². The Kier molecular flexibility index (Phi) is 3.66. The van der Waals surface area contributed by atoms with E-state index in [1.807, 2.05) is 6.07 Å². The number of ether oxygens (including phenoxy) is 1. The van der Waals surface area contributed by atoms with Gasteiger partial charge in [0.2, 0.25) is 0 Å². The Morgan fingerprint density at radius 1 is 1.09 bits per heavy atom. The van der Waals surface area contributed by atoms with Gasteiger partial charge in [-0.2, -0.15) is 0 Å². The highest BCUT2D eigenvalue weighted by atomic mass is 16.5. The fraction of sp³-hybridized carbons (Fsp3) is 0.588. The second-order valence-corrected chi connectivity index (χ2v) is 6.37. The molecule has 2 fully saturated rings. The number of rotatable bonds is 2. The predicted molar refractivity (Wildman–Crippen MR) is 87.3 cm³/mol. The fourth-order valence-corrected chi connectivity index (χ4v) is 3.60. The molecule has 0 spiro atoms. The van der Waals surface area contributed by atoms with Gasteiger partial charge in [0.25, 0.3) is 0 Å². The van der Waals surface area contributed by atoms with Crippen molar-refractivity contribution in [1.29, 1.82) is 0 Å². The van der Waals surface area contributed by atoms with Crippen LogP contribution in [0.2, 0.25) is 0 Å². The van der Waals surface area contributed by atoms with Crippen LogP contribution in [0.25, 0.3) is 11.1 Å². The van der Waals surface area contributed by atoms with Crippen molar-refractivity contribution in [1.82, 2.24) is 4.98 Å². The van der Waals surface area contributed by atoms with Crippen molar-refractivity contribution in [3.05, 3.63) is 18.0 Å². The average molecular weight is 301 g/mol. The Hall–Kier alpha value is -1.75. The Morgan fingerprint density at radius 3 is 2.64 bits per heavy atom. The lowest BCUT2D eigenvalue weighted by Gasteiger charge is -2.29. The van der Waals surface area contributed by atoms with Crippen LogP contribution >= 0.6 is 0 Å². The molecule has 2 N–H and O–H groups in total. The lowest BCUT2D eigenvalue weighted by molar-refractivity contribution is 0.123. The molecule has 0 atom stereocenters. The third-order valence-electron chi connectivity index (χ3n) is 4.86. The summed E-state index contributed by atoms with van der Waals surface area (Å²) in [6.45, 7) is 3.26. The summed E-state index contributed by atoms with van der Waals surface area (Å²) in [5.74, 6) is 1.38. The van der Waals surface area contributed by atoms with Gasteiger partial charge in [-0.15, -0.1) is 0 Å². The van der Waals surface area contributed by atoms with Crippen LogP contribution in [0.15, 0.2) is 16.5 Å². The highest BCUT2D eigenvalue weighted by Gasteiger charge is 2.22. The maximum Gasteiger partial charge on any atom is 0.198 e. The zero-order valence-corrected chi connectivity index (χ0v) is 12.9. The summed E-state index contributed by atoms with van der Waals surface area (Å²) in [4.78, 5) is 7.02. The van der Waals surface area contributed by atoms with Gasteiger partial charge in [-0.3, -0.25) is 0 Å². The first-order valence-corrected chi connectivity index (χ1v) is 8.34. The largest absolute Gasteiger partial charge is 0.440 e. The molecule has 2 heterocycles. The van der Waals surface area contributed by atoms with Crippen molar-refractivity contribution in [2.45, 2.75) is 38.0 Å². The van der Waals surface area contributed by atoms with Gasteiger partial charge in [0.05, 0.1) is 24.6 Å². The molecule has 5 nitrogen and oxygen atoms in total. The molecule has 2 aromatic rings. The first kappa shape index (κ1) is 13.9. The number of nitrogens with two attached hydrogens (primary N) is 1. The summed E-state index contributed by atoms with van der Waals surface area (Å²) in [7, 11) is 0. The molecule has 0 bridgehead atoms. The van der Waals surface area contributed by atoms with E-state index in [1.165, 1.54) is 32.1 Å². The third kappa shape index (κ3) is 2.54. The van der Waals surface area contributed by atoms with Crippen LogP contribution < -0.4 is 10.6 Å². The van der Waals surface area contributed by atoms with E-state index >= 15 is 0 Å². The number of hydrogen-bond donors (Lipinski definition) is 1. The lowest BCUT2D eigenvalue weighted by Crippen LogP contribution is -2.36. The third-order valence-corrected chi connectivity index (χ3v) is 4.86. The fourth-order valence-electron chi connectivity index (χ4n) is 3.60. The molecule has 0 amide bonds. The molecular weight excluding hydrogens is 278 g/mol. The van der Waals surface area contributed by atoms with Gasteiger partial charge < -0.3 is 19.8 Å². The monoisotopic (exact) mass is 301 g/mol. The summed E-state index contributed by atoms with van der Waals surface area (Å²) < 4.78 is 11.4. The zero-order chi connectivity index (χ0) is 14.9. The number of nitrogen functional groups attached to an aromatic ring is 1. The minimum absolute atomic E-state index is 0.481. The van der Waals surface area contributed by atoms with Crippen molar-refractivity contribution in [2.75, 3.05) is 36.9 Å². The number of nitrogens with zero attached hydrogens (tertiary/aromatic N) is 2. The second kappa shape index (κ2) is 5.80. The van der Waals surface area contributed by atoms with Gasteiger partial charge >= 0.3 is 0 Å². The average Bonchev–Trinajstić information content (AvgIpc) is 2.98. The van der Waals surface area contributed by atoms with Crippen molar-refractivity contribution in [2.24, 2.45) is 0 Å². The van der Waals surface area contributed by atoms with Crippen LogP contribution in [0.1, 0.15) is 43.9 Å². The van der Waals surface area contributed by atoms with E-state index in [-0.39, 0.29) is 0 Å². The van der Waals surface area contributed by atoms with Gasteiger partial charge in [0, 0.05) is 25.1 Å². The lowest BCUT2D eigenvalue weighted by atomic mass is 9.89. The molecule has 1 saturated carbocycles. The van der Waals surface area contributed by atoms with Crippen molar-refractivity contribution in [3.63, 3.8) is 0 Å². The summed E-state index contributed by atoms with van der Waals surface area (Å²) in [5, 5.41) is 0. The highest BCUT2D eigenvalue weighted by molar-refractivity contribution is 5.86. The van der Waals surface area contributed by atoms with Gasteiger partial charge in [0.15, 0.2) is 11.5 Å². The molecule has 0 radical (unpaired) electrons. The number of fused-ring (bicyclic) bond motifs is 1. The smallest absolute Gasteiger partial charge is 0.198 e. The molecule has 1 saturated heterocycles. The zero-order valence-electron chi connectivity index (χ0n) is 12.9. The topological polar surface area (TPSA) is 64.5 Å². The predicted octanol–water partition coefficient (Wildman–Crippen LogP) is 3.29. The van der Waals surface area contributed by atoms with E-state index in [0.29, 0.717) is 5.92 Å². The first-order valence-electron chi connectivity index (χ1n) is 8.34. The van der Waals surface area contributed by atoms with Crippen LogP contribution in [0.3, 0.4) is 0 Å². The summed E-state index contributed by atoms with van der Waals surface area (Å²) >= 11 is 0. The Labute approximate surface area is 130 Å². The van der Waals surface area contributed by atoms with Crippen molar-refractivity contribution >= 4 is 22.5 Å². The number of aromatic nitrogens is 1. The number of hydrogen-bond acceptors (Lipinski definition) is 5. The molecule has 1 aromatic carbocycles. The van der Waals surface area contributed by atoms with E-state index in [1.54, 1.807) is 0 Å². The van der Waals surface area contributed by atoms with Crippen LogP contribution in [0, 0.1) is 0 Å². The molecule has 2 aliphatic rings. The molecule has 118 valence electrons. The molecule has 1 aliphatic heterocycles. The minimum Gasteiger partial charge on any atom is -0.440 e. The molecule has 0 unspecified atom stereocenters. The van der Waals surface area contributed by atoms with E-state index in [0.717, 1.165) is 54.7 Å². The first-order chi connectivity index (χ1) is 10.8. The van der Waals surface area contributed by atoms with Gasteiger partial charge in [-0.25, -0.2) is 4.98 Å². The van der Waals surface area contributed by atoms with E-state index in [4.69, 9.17) is 19.9 Å². The quantitative estimate of drug-likeness (QED) is 0.862. The Balaban J connectivity index is 1.67. The normalized spacial score (nSPS) is 20.6. The molecule has 1 aliphatic carbocycles. The van der Waals surface area contributed by atoms with Gasteiger partial charge in [-0.1, -0.05) is 19.3 Å². The van der Waals surface area contributed by atoms with Crippen LogP contribution in [-0.2, 0) is 4.74 Å². The number of oxazole rings is 1. The van der Waals surface area contributed by atoms with E-state index in [9.17, 15) is 0 Å². The SMILES string of the molecule is Nc1cc2oc(C3CCCCC3)nc2cc1N1CCOCC1. The second-order valence-electron chi connectivity index (χ2n) is 6.37.